The second kappa shape index (κ2) is 8.86. The van der Waals surface area contributed by atoms with Crippen LogP contribution in [0.5, 0.6) is 0 Å². The number of para-hydroxylation sites is 1. The van der Waals surface area contributed by atoms with Crippen LogP contribution in [0, 0.1) is 0 Å². The summed E-state index contributed by atoms with van der Waals surface area (Å²) < 4.78 is 23.6. The van der Waals surface area contributed by atoms with Gasteiger partial charge in [-0.25, -0.2) is 0 Å². The quantitative estimate of drug-likeness (QED) is 0.659. The van der Waals surface area contributed by atoms with Crippen LogP contribution in [0.15, 0.2) is 46.9 Å². The van der Waals surface area contributed by atoms with E-state index in [2.05, 4.69) is 10.2 Å². The van der Waals surface area contributed by atoms with Crippen LogP contribution >= 0.6 is 0 Å². The molecule has 7 heteroatoms. The number of benzene rings is 2. The van der Waals surface area contributed by atoms with Crippen molar-refractivity contribution in [1.29, 1.82) is 0 Å². The number of nitrogens with one attached hydrogen (secondary N) is 1. The van der Waals surface area contributed by atoms with Gasteiger partial charge in [0.05, 0.1) is 13.2 Å². The van der Waals surface area contributed by atoms with E-state index in [0.717, 1.165) is 60.3 Å². The first-order chi connectivity index (χ1) is 13.7. The van der Waals surface area contributed by atoms with E-state index in [4.69, 9.17) is 9.15 Å². The molecule has 1 amide bonds. The lowest BCUT2D eigenvalue weighted by atomic mass is 10.1. The number of furan rings is 1. The molecular weight excluding hydrogens is 376 g/mol. The summed E-state index contributed by atoms with van der Waals surface area (Å²) in [6.07, 6.45) is 0. The van der Waals surface area contributed by atoms with E-state index < -0.39 is 10.8 Å². The Bertz CT molecular complexity index is 994. The van der Waals surface area contributed by atoms with Crippen molar-refractivity contribution in [3.8, 4) is 0 Å². The van der Waals surface area contributed by atoms with E-state index in [-0.39, 0.29) is 11.7 Å². The summed E-state index contributed by atoms with van der Waals surface area (Å²) in [6, 6.07) is 13.7. The highest BCUT2D eigenvalue weighted by molar-refractivity contribution is 7.84. The van der Waals surface area contributed by atoms with Crippen molar-refractivity contribution in [3.05, 3.63) is 48.0 Å². The predicted molar refractivity (Wildman–Crippen MR) is 111 cm³/mol. The number of fused-ring (bicyclic) bond motifs is 3. The molecule has 148 valence electrons. The lowest BCUT2D eigenvalue weighted by molar-refractivity contribution is -0.118. The fraction of sp³-hybridized carbons (Fsp3) is 0.381. The highest BCUT2D eigenvalue weighted by Crippen LogP contribution is 2.29. The molecule has 0 bridgehead atoms. The molecule has 0 spiro atoms. The summed E-state index contributed by atoms with van der Waals surface area (Å²) in [7, 11) is -1.25. The highest BCUT2D eigenvalue weighted by atomic mass is 32.2. The second-order valence-corrected chi connectivity index (χ2v) is 8.42. The van der Waals surface area contributed by atoms with Crippen molar-refractivity contribution < 1.29 is 18.2 Å². The van der Waals surface area contributed by atoms with Crippen LogP contribution < -0.4 is 5.32 Å². The molecule has 1 aliphatic rings. The lowest BCUT2D eigenvalue weighted by Gasteiger charge is -2.26. The minimum atomic E-state index is -1.25. The molecule has 2 aromatic carbocycles. The molecule has 6 nitrogen and oxygen atoms in total. The standard InChI is InChI=1S/C21H24N2O4S/c24-21(22-7-8-23-9-11-26-12-10-23)15-28(25)14-16-5-6-20-18(13-16)17-3-1-2-4-19(17)27-20/h1-6,13H,7-12,14-15H2,(H,22,24). The average molecular weight is 401 g/mol. The number of hydrogen-bond donors (Lipinski definition) is 1. The summed E-state index contributed by atoms with van der Waals surface area (Å²) in [5.74, 6) is 0.209. The molecule has 1 atom stereocenters. The van der Waals surface area contributed by atoms with Crippen LogP contribution in [0.3, 0.4) is 0 Å². The van der Waals surface area contributed by atoms with Crippen molar-refractivity contribution in [2.24, 2.45) is 0 Å². The van der Waals surface area contributed by atoms with Gasteiger partial charge < -0.3 is 14.5 Å². The first-order valence-corrected chi connectivity index (χ1v) is 11.0. The summed E-state index contributed by atoms with van der Waals surface area (Å²) in [5, 5.41) is 4.93. The van der Waals surface area contributed by atoms with Crippen molar-refractivity contribution >= 4 is 38.6 Å². The zero-order valence-electron chi connectivity index (χ0n) is 15.7. The molecule has 1 unspecified atom stereocenters. The molecule has 28 heavy (non-hydrogen) atoms. The van der Waals surface area contributed by atoms with Crippen molar-refractivity contribution in [2.45, 2.75) is 5.75 Å². The molecule has 0 aliphatic carbocycles. The molecule has 0 saturated carbocycles. The molecule has 0 radical (unpaired) electrons. The zero-order valence-corrected chi connectivity index (χ0v) is 16.5. The van der Waals surface area contributed by atoms with Gasteiger partial charge in [0, 0.05) is 53.5 Å². The smallest absolute Gasteiger partial charge is 0.232 e. The van der Waals surface area contributed by atoms with Gasteiger partial charge in [-0.1, -0.05) is 24.3 Å². The number of amides is 1. The predicted octanol–water partition coefficient (Wildman–Crippen LogP) is 2.28. The normalized spacial score (nSPS) is 16.4. The topological polar surface area (TPSA) is 71.8 Å². The number of carbonyl (C=O) groups is 1. The molecular formula is C21H24N2O4S. The maximum absolute atomic E-state index is 12.4. The Morgan fingerprint density at radius 3 is 2.71 bits per heavy atom. The van der Waals surface area contributed by atoms with Crippen LogP contribution in [0.2, 0.25) is 0 Å². The third-order valence-corrected chi connectivity index (χ3v) is 6.15. The van der Waals surface area contributed by atoms with Crippen LogP contribution in [0.4, 0.5) is 0 Å². The minimum absolute atomic E-state index is 0.0211. The summed E-state index contributed by atoms with van der Waals surface area (Å²) >= 11 is 0. The molecule has 2 heterocycles. The number of rotatable bonds is 7. The van der Waals surface area contributed by atoms with E-state index in [0.29, 0.717) is 12.3 Å². The zero-order chi connectivity index (χ0) is 19.3. The Morgan fingerprint density at radius 1 is 1.07 bits per heavy atom. The van der Waals surface area contributed by atoms with Gasteiger partial charge in [-0.2, -0.15) is 0 Å². The van der Waals surface area contributed by atoms with Gasteiger partial charge in [-0.3, -0.25) is 13.9 Å². The van der Waals surface area contributed by atoms with E-state index in [1.807, 2.05) is 42.5 Å². The Labute approximate surface area is 166 Å². The SMILES string of the molecule is O=C(CS(=O)Cc1ccc2oc3ccccc3c2c1)NCCN1CCOCC1. The number of nitrogens with zero attached hydrogens (tertiary/aromatic N) is 1. The van der Waals surface area contributed by atoms with Crippen LogP contribution in [0.1, 0.15) is 5.56 Å². The van der Waals surface area contributed by atoms with Gasteiger partial charge in [-0.05, 0) is 23.8 Å². The van der Waals surface area contributed by atoms with Crippen molar-refractivity contribution in [3.63, 3.8) is 0 Å². The van der Waals surface area contributed by atoms with E-state index in [1.54, 1.807) is 0 Å². The monoisotopic (exact) mass is 400 g/mol. The third-order valence-electron chi connectivity index (χ3n) is 4.91. The Balaban J connectivity index is 1.30. The van der Waals surface area contributed by atoms with E-state index in [1.165, 1.54) is 0 Å². The van der Waals surface area contributed by atoms with Crippen LogP contribution in [-0.2, 0) is 26.1 Å². The summed E-state index contributed by atoms with van der Waals surface area (Å²) in [4.78, 5) is 14.3. The Hall–Kier alpha value is -2.22. The Kier molecular flexibility index (Phi) is 6.04. The van der Waals surface area contributed by atoms with Gasteiger partial charge in [0.25, 0.3) is 0 Å². The maximum atomic E-state index is 12.4. The molecule has 1 fully saturated rings. The largest absolute Gasteiger partial charge is 0.456 e. The van der Waals surface area contributed by atoms with Gasteiger partial charge in [0.1, 0.15) is 16.9 Å². The van der Waals surface area contributed by atoms with Crippen LogP contribution in [0.25, 0.3) is 21.9 Å². The second-order valence-electron chi connectivity index (χ2n) is 6.96. The Morgan fingerprint density at radius 2 is 1.86 bits per heavy atom. The van der Waals surface area contributed by atoms with E-state index >= 15 is 0 Å². The number of morpholine rings is 1. The minimum Gasteiger partial charge on any atom is -0.456 e. The number of carbonyl (C=O) groups excluding carboxylic acids is 1. The van der Waals surface area contributed by atoms with Gasteiger partial charge >= 0.3 is 0 Å². The van der Waals surface area contributed by atoms with Gasteiger partial charge in [-0.15, -0.1) is 0 Å². The molecule has 1 N–H and O–H groups in total. The molecule has 4 rings (SSSR count). The third kappa shape index (κ3) is 4.60. The summed E-state index contributed by atoms with van der Waals surface area (Å²) in [5.41, 5.74) is 2.60. The molecule has 1 aromatic heterocycles. The first-order valence-electron chi connectivity index (χ1n) is 9.51. The van der Waals surface area contributed by atoms with Crippen molar-refractivity contribution in [2.75, 3.05) is 45.1 Å². The number of ether oxygens (including phenoxy) is 1. The first kappa shape index (κ1) is 19.1. The molecule has 3 aromatic rings. The number of hydrogen-bond acceptors (Lipinski definition) is 5. The molecule has 1 aliphatic heterocycles. The summed E-state index contributed by atoms with van der Waals surface area (Å²) in [6.45, 7) is 4.65. The lowest BCUT2D eigenvalue weighted by Crippen LogP contribution is -2.42. The fourth-order valence-electron chi connectivity index (χ4n) is 3.48. The highest BCUT2D eigenvalue weighted by Gasteiger charge is 2.13. The maximum Gasteiger partial charge on any atom is 0.232 e. The van der Waals surface area contributed by atoms with Crippen molar-refractivity contribution in [1.82, 2.24) is 10.2 Å². The van der Waals surface area contributed by atoms with Gasteiger partial charge in [0.2, 0.25) is 5.91 Å². The fourth-order valence-corrected chi connectivity index (χ4v) is 4.52. The average Bonchev–Trinajstić information content (AvgIpc) is 3.07. The van der Waals surface area contributed by atoms with Gasteiger partial charge in [0.15, 0.2) is 0 Å². The van der Waals surface area contributed by atoms with Crippen LogP contribution in [-0.4, -0.2) is 60.2 Å². The molecule has 1 saturated heterocycles. The van der Waals surface area contributed by atoms with E-state index in [9.17, 15) is 9.00 Å².